The van der Waals surface area contributed by atoms with Gasteiger partial charge in [0.25, 0.3) is 0 Å². The fourth-order valence-corrected chi connectivity index (χ4v) is 2.54. The molecule has 0 saturated carbocycles. The van der Waals surface area contributed by atoms with Gasteiger partial charge in [-0.3, -0.25) is 0 Å². The van der Waals surface area contributed by atoms with Gasteiger partial charge in [0.15, 0.2) is 17.5 Å². The lowest BCUT2D eigenvalue weighted by atomic mass is 10.1. The van der Waals surface area contributed by atoms with Gasteiger partial charge in [-0.2, -0.15) is 0 Å². The highest BCUT2D eigenvalue weighted by Gasteiger charge is 2.11. The molecule has 0 aliphatic heterocycles. The van der Waals surface area contributed by atoms with Gasteiger partial charge in [0.1, 0.15) is 0 Å². The molecule has 3 N–H and O–H groups in total. The maximum Gasteiger partial charge on any atom is 0.200 e. The number of nitrogens with zero attached hydrogens (tertiary/aromatic N) is 1. The summed E-state index contributed by atoms with van der Waals surface area (Å²) in [6.45, 7) is 6.01. The zero-order valence-corrected chi connectivity index (χ0v) is 15.8. The van der Waals surface area contributed by atoms with Gasteiger partial charge in [-0.05, 0) is 42.7 Å². The quantitative estimate of drug-likeness (QED) is 0.525. The Hall–Kier alpha value is -2.89. The average molecular weight is 357 g/mol. The minimum Gasteiger partial charge on any atom is -0.502 e. The monoisotopic (exact) mass is 357 g/mol. The first-order valence-electron chi connectivity index (χ1n) is 8.59. The molecule has 0 atom stereocenters. The largest absolute Gasteiger partial charge is 0.502 e. The summed E-state index contributed by atoms with van der Waals surface area (Å²) in [4.78, 5) is 4.61. The molecule has 0 spiro atoms. The Kier molecular flexibility index (Phi) is 7.14. The summed E-state index contributed by atoms with van der Waals surface area (Å²) in [6.07, 6.45) is 0. The smallest absolute Gasteiger partial charge is 0.200 e. The fourth-order valence-electron chi connectivity index (χ4n) is 2.54. The average Bonchev–Trinajstić information content (AvgIpc) is 2.66. The molecule has 140 valence electrons. The molecule has 0 radical (unpaired) electrons. The molecular formula is C20H27N3O3. The Morgan fingerprint density at radius 1 is 1.08 bits per heavy atom. The van der Waals surface area contributed by atoms with Crippen LogP contribution in [0.3, 0.4) is 0 Å². The van der Waals surface area contributed by atoms with E-state index < -0.39 is 0 Å². The number of phenolic OH excluding ortho intramolecular Hbond substituents is 1. The number of guanidine groups is 1. The van der Waals surface area contributed by atoms with E-state index >= 15 is 0 Å². The van der Waals surface area contributed by atoms with Gasteiger partial charge >= 0.3 is 0 Å². The first kappa shape index (κ1) is 19.4. The molecule has 6 nitrogen and oxygen atoms in total. The minimum absolute atomic E-state index is 0.00712. The highest BCUT2D eigenvalue weighted by Crippen LogP contribution is 2.37. The predicted molar refractivity (Wildman–Crippen MR) is 104 cm³/mol. The zero-order chi connectivity index (χ0) is 18.9. The van der Waals surface area contributed by atoms with Gasteiger partial charge in [0.2, 0.25) is 5.75 Å². The van der Waals surface area contributed by atoms with E-state index in [9.17, 15) is 5.11 Å². The SMILES string of the molecule is CCNC(=NCc1cc(OC)c(O)c(OC)c1)NCc1ccccc1C. The number of rotatable bonds is 7. The lowest BCUT2D eigenvalue weighted by Crippen LogP contribution is -2.36. The number of aryl methyl sites for hydroxylation is 1. The topological polar surface area (TPSA) is 75.1 Å². The molecule has 0 amide bonds. The van der Waals surface area contributed by atoms with Crippen molar-refractivity contribution in [3.8, 4) is 17.2 Å². The van der Waals surface area contributed by atoms with Crippen LogP contribution in [0.2, 0.25) is 0 Å². The van der Waals surface area contributed by atoms with Crippen LogP contribution in [-0.2, 0) is 13.1 Å². The molecule has 0 aliphatic carbocycles. The van der Waals surface area contributed by atoms with Gasteiger partial charge in [0.05, 0.1) is 20.8 Å². The van der Waals surface area contributed by atoms with E-state index in [0.29, 0.717) is 24.6 Å². The van der Waals surface area contributed by atoms with Crippen LogP contribution in [0, 0.1) is 6.92 Å². The summed E-state index contributed by atoms with van der Waals surface area (Å²) >= 11 is 0. The summed E-state index contributed by atoms with van der Waals surface area (Å²) in [7, 11) is 3.02. The molecule has 2 aromatic carbocycles. The third kappa shape index (κ3) is 5.05. The van der Waals surface area contributed by atoms with E-state index in [1.807, 2.05) is 19.1 Å². The van der Waals surface area contributed by atoms with E-state index in [4.69, 9.17) is 9.47 Å². The Labute approximate surface area is 154 Å². The van der Waals surface area contributed by atoms with Crippen molar-refractivity contribution in [1.82, 2.24) is 10.6 Å². The highest BCUT2D eigenvalue weighted by molar-refractivity contribution is 5.79. The van der Waals surface area contributed by atoms with Crippen molar-refractivity contribution in [3.63, 3.8) is 0 Å². The standard InChI is InChI=1S/C20H27N3O3/c1-5-21-20(23-13-16-9-7-6-8-14(16)2)22-12-15-10-17(25-3)19(24)18(11-15)26-4/h6-11,24H,5,12-13H2,1-4H3,(H2,21,22,23). The molecule has 0 fully saturated rings. The first-order chi connectivity index (χ1) is 12.6. The molecule has 6 heteroatoms. The van der Waals surface area contributed by atoms with E-state index in [1.54, 1.807) is 12.1 Å². The second kappa shape index (κ2) is 9.56. The van der Waals surface area contributed by atoms with Crippen molar-refractivity contribution in [2.45, 2.75) is 26.9 Å². The Balaban J connectivity index is 2.12. The van der Waals surface area contributed by atoms with E-state index in [1.165, 1.54) is 25.3 Å². The van der Waals surface area contributed by atoms with Crippen LogP contribution in [0.1, 0.15) is 23.6 Å². The number of methoxy groups -OCH3 is 2. The lowest BCUT2D eigenvalue weighted by Gasteiger charge is -2.13. The molecule has 0 saturated heterocycles. The van der Waals surface area contributed by atoms with Gasteiger partial charge in [0, 0.05) is 13.1 Å². The second-order valence-corrected chi connectivity index (χ2v) is 5.82. The number of aromatic hydroxyl groups is 1. The summed E-state index contributed by atoms with van der Waals surface area (Å²) in [6, 6.07) is 11.8. The van der Waals surface area contributed by atoms with Crippen LogP contribution in [0.15, 0.2) is 41.4 Å². The summed E-state index contributed by atoms with van der Waals surface area (Å²) in [5, 5.41) is 16.6. The number of benzene rings is 2. The molecule has 0 unspecified atom stereocenters. The highest BCUT2D eigenvalue weighted by atomic mass is 16.5. The number of ether oxygens (including phenoxy) is 2. The molecule has 2 aromatic rings. The fraction of sp³-hybridized carbons (Fsp3) is 0.350. The van der Waals surface area contributed by atoms with Gasteiger partial charge in [-0.15, -0.1) is 0 Å². The van der Waals surface area contributed by atoms with E-state index in [0.717, 1.165) is 18.1 Å². The normalized spacial score (nSPS) is 11.2. The van der Waals surface area contributed by atoms with E-state index in [-0.39, 0.29) is 5.75 Å². The molecule has 0 aliphatic rings. The molecule has 0 aromatic heterocycles. The maximum absolute atomic E-state index is 10.0. The van der Waals surface area contributed by atoms with Crippen LogP contribution in [-0.4, -0.2) is 31.8 Å². The van der Waals surface area contributed by atoms with Crippen LogP contribution < -0.4 is 20.1 Å². The summed E-state index contributed by atoms with van der Waals surface area (Å²) < 4.78 is 10.4. The number of hydrogen-bond acceptors (Lipinski definition) is 4. The van der Waals surface area contributed by atoms with Gasteiger partial charge < -0.3 is 25.2 Å². The minimum atomic E-state index is -0.00712. The van der Waals surface area contributed by atoms with Gasteiger partial charge in [-0.25, -0.2) is 4.99 Å². The van der Waals surface area contributed by atoms with Crippen molar-refractivity contribution < 1.29 is 14.6 Å². The third-order valence-electron chi connectivity index (χ3n) is 4.01. The number of aliphatic imine (C=N–C) groups is 1. The summed E-state index contributed by atoms with van der Waals surface area (Å²) in [5.74, 6) is 1.45. The predicted octanol–water partition coefficient (Wildman–Crippen LogP) is 2.97. The molecule has 2 rings (SSSR count). The Morgan fingerprint density at radius 2 is 1.73 bits per heavy atom. The second-order valence-electron chi connectivity index (χ2n) is 5.82. The zero-order valence-electron chi connectivity index (χ0n) is 15.8. The molecule has 0 bridgehead atoms. The van der Waals surface area contributed by atoms with Crippen molar-refractivity contribution in [1.29, 1.82) is 0 Å². The van der Waals surface area contributed by atoms with Crippen LogP contribution >= 0.6 is 0 Å². The molecule has 0 heterocycles. The number of phenols is 1. The lowest BCUT2D eigenvalue weighted by molar-refractivity contribution is 0.339. The van der Waals surface area contributed by atoms with E-state index in [2.05, 4.69) is 34.7 Å². The third-order valence-corrected chi connectivity index (χ3v) is 4.01. The van der Waals surface area contributed by atoms with Crippen molar-refractivity contribution in [2.75, 3.05) is 20.8 Å². The van der Waals surface area contributed by atoms with Crippen LogP contribution in [0.5, 0.6) is 17.2 Å². The van der Waals surface area contributed by atoms with Gasteiger partial charge in [-0.1, -0.05) is 24.3 Å². The number of nitrogens with one attached hydrogen (secondary N) is 2. The van der Waals surface area contributed by atoms with Crippen LogP contribution in [0.4, 0.5) is 0 Å². The molecular weight excluding hydrogens is 330 g/mol. The van der Waals surface area contributed by atoms with Crippen molar-refractivity contribution >= 4 is 5.96 Å². The summed E-state index contributed by atoms with van der Waals surface area (Å²) in [5.41, 5.74) is 3.35. The van der Waals surface area contributed by atoms with Crippen molar-refractivity contribution in [2.24, 2.45) is 4.99 Å². The van der Waals surface area contributed by atoms with Crippen LogP contribution in [0.25, 0.3) is 0 Å². The van der Waals surface area contributed by atoms with Crippen molar-refractivity contribution in [3.05, 3.63) is 53.1 Å². The number of hydrogen-bond donors (Lipinski definition) is 3. The Morgan fingerprint density at radius 3 is 2.31 bits per heavy atom. The first-order valence-corrected chi connectivity index (χ1v) is 8.59. The molecule has 26 heavy (non-hydrogen) atoms. The Bertz CT molecular complexity index is 735. The maximum atomic E-state index is 10.0.